The van der Waals surface area contributed by atoms with Gasteiger partial charge in [0.2, 0.25) is 0 Å². The summed E-state index contributed by atoms with van der Waals surface area (Å²) in [6.07, 6.45) is 1.58. The number of hydrogen-bond donors (Lipinski definition) is 1. The largest absolute Gasteiger partial charge is 0.462 e. The molecular formula is C17H17N3O3S. The number of anilines is 1. The van der Waals surface area contributed by atoms with Crippen molar-refractivity contribution in [2.24, 2.45) is 0 Å². The van der Waals surface area contributed by atoms with Gasteiger partial charge in [-0.25, -0.2) is 4.79 Å². The second-order valence-corrected chi connectivity index (χ2v) is 6.06. The number of nitrogens with one attached hydrogen (secondary N) is 1. The number of benzene rings is 1. The lowest BCUT2D eigenvalue weighted by Gasteiger charge is -2.07. The second-order valence-electron chi connectivity index (χ2n) is 5.01. The minimum absolute atomic E-state index is 0.277. The summed E-state index contributed by atoms with van der Waals surface area (Å²) in [5, 5.41) is 8.20. The van der Waals surface area contributed by atoms with E-state index in [1.165, 1.54) is 11.3 Å². The normalized spacial score (nSPS) is 10.8. The highest BCUT2D eigenvalue weighted by Crippen LogP contribution is 2.36. The van der Waals surface area contributed by atoms with E-state index >= 15 is 0 Å². The molecule has 1 aromatic carbocycles. The summed E-state index contributed by atoms with van der Waals surface area (Å²) in [7, 11) is 0. The van der Waals surface area contributed by atoms with Gasteiger partial charge in [-0.2, -0.15) is 5.10 Å². The fourth-order valence-electron chi connectivity index (χ4n) is 2.48. The number of rotatable bonds is 5. The van der Waals surface area contributed by atoms with Gasteiger partial charge in [0, 0.05) is 22.8 Å². The van der Waals surface area contributed by atoms with Gasteiger partial charge in [-0.1, -0.05) is 18.2 Å². The summed E-state index contributed by atoms with van der Waals surface area (Å²) in [5.74, 6) is -0.735. The number of esters is 1. The molecule has 0 fully saturated rings. The first-order valence-corrected chi connectivity index (χ1v) is 8.49. The smallest absolute Gasteiger partial charge is 0.341 e. The van der Waals surface area contributed by atoms with Crippen molar-refractivity contribution in [2.45, 2.75) is 20.4 Å². The molecule has 0 saturated heterocycles. The summed E-state index contributed by atoms with van der Waals surface area (Å²) in [6.45, 7) is 4.53. The molecule has 0 bridgehead atoms. The Morgan fingerprint density at radius 1 is 1.25 bits per heavy atom. The van der Waals surface area contributed by atoms with Gasteiger partial charge in [0.15, 0.2) is 0 Å². The molecule has 3 rings (SSSR count). The number of hydrogen-bond acceptors (Lipinski definition) is 5. The predicted molar refractivity (Wildman–Crippen MR) is 93.6 cm³/mol. The maximum atomic E-state index is 12.5. The van der Waals surface area contributed by atoms with Crippen LogP contribution in [0.25, 0.3) is 10.1 Å². The van der Waals surface area contributed by atoms with Gasteiger partial charge in [-0.05, 0) is 26.0 Å². The van der Waals surface area contributed by atoms with E-state index in [1.807, 2.05) is 31.2 Å². The van der Waals surface area contributed by atoms with Gasteiger partial charge in [-0.15, -0.1) is 11.3 Å². The minimum atomic E-state index is -0.436. The molecular weight excluding hydrogens is 326 g/mol. The number of carbonyl (C=O) groups excluding carboxylic acids is 2. The van der Waals surface area contributed by atoms with Crippen LogP contribution in [0.15, 0.2) is 36.5 Å². The lowest BCUT2D eigenvalue weighted by Crippen LogP contribution is -2.18. The summed E-state index contributed by atoms with van der Waals surface area (Å²) in [5.41, 5.74) is 0.845. The van der Waals surface area contributed by atoms with E-state index in [0.29, 0.717) is 22.8 Å². The second kappa shape index (κ2) is 6.84. The summed E-state index contributed by atoms with van der Waals surface area (Å²) in [6, 6.07) is 9.16. The van der Waals surface area contributed by atoms with Crippen molar-refractivity contribution in [2.75, 3.05) is 11.9 Å². The topological polar surface area (TPSA) is 73.2 Å². The molecule has 0 saturated carbocycles. The molecule has 1 N–H and O–H groups in total. The molecule has 6 nitrogen and oxygen atoms in total. The molecule has 0 aliphatic heterocycles. The molecule has 0 aliphatic rings. The standard InChI is InChI=1S/C17H17N3O3S/c1-3-20-12(9-10-18-20)15(21)19-16-14(17(22)23-4-2)11-7-5-6-8-13(11)24-16/h5-10H,3-4H2,1-2H3,(H,19,21). The zero-order chi connectivity index (χ0) is 17.1. The third-order valence-electron chi connectivity index (χ3n) is 3.55. The van der Waals surface area contributed by atoms with E-state index < -0.39 is 5.97 Å². The molecule has 0 aliphatic carbocycles. The SMILES string of the molecule is CCOC(=O)c1c(NC(=O)c2ccnn2CC)sc2ccccc12. The number of fused-ring (bicyclic) bond motifs is 1. The Hall–Kier alpha value is -2.67. The van der Waals surface area contributed by atoms with Crippen LogP contribution >= 0.6 is 11.3 Å². The highest BCUT2D eigenvalue weighted by atomic mass is 32.1. The molecule has 7 heteroatoms. The van der Waals surface area contributed by atoms with E-state index in [-0.39, 0.29) is 12.5 Å². The Labute approximate surface area is 143 Å². The molecule has 24 heavy (non-hydrogen) atoms. The lowest BCUT2D eigenvalue weighted by molar-refractivity contribution is 0.0530. The number of amides is 1. The minimum Gasteiger partial charge on any atom is -0.462 e. The van der Waals surface area contributed by atoms with Crippen molar-refractivity contribution in [3.8, 4) is 0 Å². The Kier molecular flexibility index (Phi) is 4.61. The van der Waals surface area contributed by atoms with Crippen LogP contribution in [0.4, 0.5) is 5.00 Å². The Morgan fingerprint density at radius 2 is 2.04 bits per heavy atom. The molecule has 124 valence electrons. The maximum Gasteiger partial charge on any atom is 0.341 e. The van der Waals surface area contributed by atoms with Crippen LogP contribution in [0, 0.1) is 0 Å². The van der Waals surface area contributed by atoms with Crippen LogP contribution in [0.5, 0.6) is 0 Å². The Balaban J connectivity index is 2.01. The highest BCUT2D eigenvalue weighted by molar-refractivity contribution is 7.23. The van der Waals surface area contributed by atoms with Gasteiger partial charge < -0.3 is 10.1 Å². The van der Waals surface area contributed by atoms with E-state index in [0.717, 1.165) is 10.1 Å². The molecule has 2 heterocycles. The van der Waals surface area contributed by atoms with Gasteiger partial charge in [0.05, 0.1) is 6.61 Å². The predicted octanol–water partition coefficient (Wildman–Crippen LogP) is 3.55. The average molecular weight is 343 g/mol. The van der Waals surface area contributed by atoms with Crippen molar-refractivity contribution in [3.63, 3.8) is 0 Å². The molecule has 0 spiro atoms. The van der Waals surface area contributed by atoms with Gasteiger partial charge in [0.25, 0.3) is 5.91 Å². The zero-order valence-electron chi connectivity index (χ0n) is 13.4. The van der Waals surface area contributed by atoms with Crippen LogP contribution in [-0.4, -0.2) is 28.3 Å². The molecule has 3 aromatic rings. The molecule has 2 aromatic heterocycles. The lowest BCUT2D eigenvalue weighted by atomic mass is 10.1. The van der Waals surface area contributed by atoms with Crippen molar-refractivity contribution < 1.29 is 14.3 Å². The monoisotopic (exact) mass is 343 g/mol. The van der Waals surface area contributed by atoms with Crippen LogP contribution in [-0.2, 0) is 11.3 Å². The van der Waals surface area contributed by atoms with E-state index in [1.54, 1.807) is 23.9 Å². The van der Waals surface area contributed by atoms with E-state index in [9.17, 15) is 9.59 Å². The summed E-state index contributed by atoms with van der Waals surface area (Å²) >= 11 is 1.35. The van der Waals surface area contributed by atoms with Crippen LogP contribution < -0.4 is 5.32 Å². The van der Waals surface area contributed by atoms with Crippen molar-refractivity contribution in [1.29, 1.82) is 0 Å². The number of ether oxygens (including phenoxy) is 1. The fourth-order valence-corrected chi connectivity index (χ4v) is 3.57. The molecule has 0 radical (unpaired) electrons. The maximum absolute atomic E-state index is 12.5. The first-order valence-electron chi connectivity index (χ1n) is 7.67. The van der Waals surface area contributed by atoms with Gasteiger partial charge in [-0.3, -0.25) is 9.48 Å². The molecule has 0 atom stereocenters. The number of aromatic nitrogens is 2. The van der Waals surface area contributed by atoms with Gasteiger partial charge in [0.1, 0.15) is 16.3 Å². The number of aryl methyl sites for hydroxylation is 1. The van der Waals surface area contributed by atoms with Crippen LogP contribution in [0.3, 0.4) is 0 Å². The Bertz CT molecular complexity index is 898. The molecule has 1 amide bonds. The van der Waals surface area contributed by atoms with Crippen LogP contribution in [0.1, 0.15) is 34.7 Å². The quantitative estimate of drug-likeness (QED) is 0.719. The molecule has 0 unspecified atom stereocenters. The average Bonchev–Trinajstić information content (AvgIpc) is 3.18. The van der Waals surface area contributed by atoms with Crippen LogP contribution in [0.2, 0.25) is 0 Å². The fraction of sp³-hybridized carbons (Fsp3) is 0.235. The Morgan fingerprint density at radius 3 is 2.79 bits per heavy atom. The highest BCUT2D eigenvalue weighted by Gasteiger charge is 2.22. The number of thiophene rings is 1. The summed E-state index contributed by atoms with van der Waals surface area (Å²) in [4.78, 5) is 24.9. The van der Waals surface area contributed by atoms with Crippen molar-refractivity contribution in [3.05, 3.63) is 47.8 Å². The van der Waals surface area contributed by atoms with Crippen molar-refractivity contribution in [1.82, 2.24) is 9.78 Å². The first-order chi connectivity index (χ1) is 11.7. The van der Waals surface area contributed by atoms with E-state index in [4.69, 9.17) is 4.74 Å². The van der Waals surface area contributed by atoms with E-state index in [2.05, 4.69) is 10.4 Å². The van der Waals surface area contributed by atoms with Gasteiger partial charge >= 0.3 is 5.97 Å². The van der Waals surface area contributed by atoms with Crippen molar-refractivity contribution >= 4 is 38.3 Å². The summed E-state index contributed by atoms with van der Waals surface area (Å²) < 4.78 is 7.67. The first kappa shape index (κ1) is 16.2. The third-order valence-corrected chi connectivity index (χ3v) is 4.64. The third kappa shape index (κ3) is 2.90. The number of nitrogens with zero attached hydrogens (tertiary/aromatic N) is 2. The number of carbonyl (C=O) groups is 2. The zero-order valence-corrected chi connectivity index (χ0v) is 14.2.